The fourth-order valence-corrected chi connectivity index (χ4v) is 1.21. The Labute approximate surface area is 104 Å². The van der Waals surface area contributed by atoms with Gasteiger partial charge in [0.05, 0.1) is 0 Å². The third kappa shape index (κ3) is 7.66. The van der Waals surface area contributed by atoms with E-state index in [1.54, 1.807) is 0 Å². The van der Waals surface area contributed by atoms with E-state index in [0.717, 1.165) is 17.4 Å². The van der Waals surface area contributed by atoms with Crippen molar-refractivity contribution >= 4 is 6.29 Å². The number of allylic oxidation sites excluding steroid dienone is 5. The minimum absolute atomic E-state index is 0.287. The average molecular weight is 238 g/mol. The molecule has 0 saturated carbocycles. The molecule has 3 nitrogen and oxygen atoms in total. The Morgan fingerprint density at radius 1 is 1.12 bits per heavy atom. The van der Waals surface area contributed by atoms with E-state index in [4.69, 9.17) is 9.47 Å². The molecule has 0 aliphatic heterocycles. The van der Waals surface area contributed by atoms with Crippen molar-refractivity contribution in [3.8, 4) is 0 Å². The lowest BCUT2D eigenvalue weighted by atomic mass is 10.2. The highest BCUT2D eigenvalue weighted by atomic mass is 16.7. The molecule has 0 aromatic heterocycles. The first-order valence-electron chi connectivity index (χ1n) is 5.85. The Hall–Kier alpha value is -1.19. The third-order valence-corrected chi connectivity index (χ3v) is 2.06. The van der Waals surface area contributed by atoms with E-state index >= 15 is 0 Å². The van der Waals surface area contributed by atoms with Crippen LogP contribution < -0.4 is 0 Å². The van der Waals surface area contributed by atoms with Gasteiger partial charge in [0.1, 0.15) is 6.29 Å². The van der Waals surface area contributed by atoms with Crippen LogP contribution in [-0.4, -0.2) is 25.8 Å². The Bertz CT molecular complexity index is 295. The number of ether oxygens (including phenoxy) is 2. The number of hydrogen-bond acceptors (Lipinski definition) is 3. The summed E-state index contributed by atoms with van der Waals surface area (Å²) in [5.41, 5.74) is 1.91. The maximum absolute atomic E-state index is 10.2. The number of rotatable bonds is 8. The first kappa shape index (κ1) is 15.8. The molecule has 96 valence electrons. The van der Waals surface area contributed by atoms with Gasteiger partial charge in [-0.25, -0.2) is 0 Å². The van der Waals surface area contributed by atoms with E-state index < -0.39 is 0 Å². The zero-order chi connectivity index (χ0) is 13.1. The van der Waals surface area contributed by atoms with Crippen molar-refractivity contribution in [3.05, 3.63) is 35.5 Å². The molecule has 0 rings (SSSR count). The van der Waals surface area contributed by atoms with Gasteiger partial charge in [0, 0.05) is 13.2 Å². The van der Waals surface area contributed by atoms with Gasteiger partial charge < -0.3 is 9.47 Å². The van der Waals surface area contributed by atoms with Crippen LogP contribution in [0.1, 0.15) is 27.7 Å². The summed E-state index contributed by atoms with van der Waals surface area (Å²) in [6.45, 7) is 8.93. The summed E-state index contributed by atoms with van der Waals surface area (Å²) in [5, 5.41) is 0. The zero-order valence-corrected chi connectivity index (χ0v) is 11.1. The highest BCUT2D eigenvalue weighted by Crippen LogP contribution is 2.08. The van der Waals surface area contributed by atoms with Gasteiger partial charge in [-0.3, -0.25) is 4.79 Å². The second-order valence-corrected chi connectivity index (χ2v) is 3.56. The minimum atomic E-state index is -0.287. The van der Waals surface area contributed by atoms with Crippen LogP contribution in [0.2, 0.25) is 0 Å². The van der Waals surface area contributed by atoms with E-state index in [-0.39, 0.29) is 6.29 Å². The van der Waals surface area contributed by atoms with Crippen LogP contribution in [-0.2, 0) is 14.3 Å². The standard InChI is InChI=1S/C14H22O3/c1-5-16-14(17-6-2)13(4)9-7-8-12(3)10-11-15/h7-11,14H,5-6H2,1-4H3. The summed E-state index contributed by atoms with van der Waals surface area (Å²) in [6.07, 6.45) is 7.69. The first-order valence-corrected chi connectivity index (χ1v) is 5.85. The van der Waals surface area contributed by atoms with E-state index in [0.29, 0.717) is 13.2 Å². The smallest absolute Gasteiger partial charge is 0.179 e. The van der Waals surface area contributed by atoms with Gasteiger partial charge in [0.25, 0.3) is 0 Å². The van der Waals surface area contributed by atoms with Crippen LogP contribution in [0.15, 0.2) is 35.5 Å². The molecule has 0 unspecified atom stereocenters. The Kier molecular flexibility index (Phi) is 9.30. The van der Waals surface area contributed by atoms with E-state index in [1.165, 1.54) is 6.08 Å². The van der Waals surface area contributed by atoms with Crippen LogP contribution >= 0.6 is 0 Å². The minimum Gasteiger partial charge on any atom is -0.349 e. The molecule has 0 bridgehead atoms. The first-order chi connectivity index (χ1) is 8.15. The predicted octanol–water partition coefficient (Wildman–Crippen LogP) is 3.03. The van der Waals surface area contributed by atoms with Crippen LogP contribution in [0.25, 0.3) is 0 Å². The molecule has 0 aromatic carbocycles. The molecule has 0 spiro atoms. The quantitative estimate of drug-likeness (QED) is 0.282. The molecule has 0 N–H and O–H groups in total. The summed E-state index contributed by atoms with van der Waals surface area (Å²) in [4.78, 5) is 10.2. The summed E-state index contributed by atoms with van der Waals surface area (Å²) in [7, 11) is 0. The zero-order valence-electron chi connectivity index (χ0n) is 11.1. The molecule has 0 atom stereocenters. The average Bonchev–Trinajstić information content (AvgIpc) is 2.29. The maximum atomic E-state index is 10.2. The summed E-state index contributed by atoms with van der Waals surface area (Å²) < 4.78 is 10.9. The number of hydrogen-bond donors (Lipinski definition) is 0. The lowest BCUT2D eigenvalue weighted by Crippen LogP contribution is -2.18. The Balaban J connectivity index is 4.48. The molecular formula is C14H22O3. The fourth-order valence-electron chi connectivity index (χ4n) is 1.21. The van der Waals surface area contributed by atoms with E-state index in [9.17, 15) is 4.79 Å². The van der Waals surface area contributed by atoms with Crippen molar-refractivity contribution in [2.24, 2.45) is 0 Å². The summed E-state index contributed by atoms with van der Waals surface area (Å²) in [6, 6.07) is 0. The van der Waals surface area contributed by atoms with Crippen molar-refractivity contribution in [2.75, 3.05) is 13.2 Å². The van der Waals surface area contributed by atoms with Gasteiger partial charge in [-0.15, -0.1) is 0 Å². The topological polar surface area (TPSA) is 35.5 Å². The molecule has 0 saturated heterocycles. The number of aldehydes is 1. The van der Waals surface area contributed by atoms with Crippen LogP contribution in [0.3, 0.4) is 0 Å². The van der Waals surface area contributed by atoms with E-state index in [2.05, 4.69) is 0 Å². The molecule has 0 aliphatic carbocycles. The van der Waals surface area contributed by atoms with Crippen molar-refractivity contribution in [3.63, 3.8) is 0 Å². The second kappa shape index (κ2) is 10.00. The fraction of sp³-hybridized carbons (Fsp3) is 0.500. The molecule has 0 aromatic rings. The summed E-state index contributed by atoms with van der Waals surface area (Å²) in [5.74, 6) is 0. The van der Waals surface area contributed by atoms with Gasteiger partial charge in [0.2, 0.25) is 0 Å². The highest BCUT2D eigenvalue weighted by molar-refractivity contribution is 5.66. The second-order valence-electron chi connectivity index (χ2n) is 3.56. The number of carbonyl (C=O) groups excluding carboxylic acids is 1. The van der Waals surface area contributed by atoms with Crippen molar-refractivity contribution in [2.45, 2.75) is 34.0 Å². The Morgan fingerprint density at radius 2 is 1.71 bits per heavy atom. The van der Waals surface area contributed by atoms with Crippen LogP contribution in [0.4, 0.5) is 0 Å². The van der Waals surface area contributed by atoms with E-state index in [1.807, 2.05) is 45.9 Å². The van der Waals surface area contributed by atoms with Crippen LogP contribution in [0, 0.1) is 0 Å². The molecule has 0 radical (unpaired) electrons. The van der Waals surface area contributed by atoms with Gasteiger partial charge in [-0.2, -0.15) is 0 Å². The SMILES string of the molecule is CCOC(OCC)C(C)=CC=CC(C)=CC=O. The lowest BCUT2D eigenvalue weighted by Gasteiger charge is -2.17. The monoisotopic (exact) mass is 238 g/mol. The van der Waals surface area contributed by atoms with Gasteiger partial charge >= 0.3 is 0 Å². The molecule has 0 fully saturated rings. The largest absolute Gasteiger partial charge is 0.349 e. The van der Waals surface area contributed by atoms with Gasteiger partial charge in [0.15, 0.2) is 6.29 Å². The van der Waals surface area contributed by atoms with Crippen LogP contribution in [0.5, 0.6) is 0 Å². The molecule has 3 heteroatoms. The lowest BCUT2D eigenvalue weighted by molar-refractivity contribution is -0.111. The molecule has 0 amide bonds. The summed E-state index contributed by atoms with van der Waals surface area (Å²) >= 11 is 0. The molecular weight excluding hydrogens is 216 g/mol. The van der Waals surface area contributed by atoms with Gasteiger partial charge in [-0.05, 0) is 44.9 Å². The molecule has 17 heavy (non-hydrogen) atoms. The normalized spacial score (nSPS) is 13.7. The number of carbonyl (C=O) groups is 1. The Morgan fingerprint density at radius 3 is 2.18 bits per heavy atom. The molecule has 0 aliphatic rings. The predicted molar refractivity (Wildman–Crippen MR) is 69.8 cm³/mol. The van der Waals surface area contributed by atoms with Gasteiger partial charge in [-0.1, -0.05) is 18.2 Å². The van der Waals surface area contributed by atoms with Crippen molar-refractivity contribution < 1.29 is 14.3 Å². The maximum Gasteiger partial charge on any atom is 0.179 e. The molecule has 0 heterocycles. The van der Waals surface area contributed by atoms with Crippen molar-refractivity contribution in [1.29, 1.82) is 0 Å². The third-order valence-electron chi connectivity index (χ3n) is 2.06. The highest BCUT2D eigenvalue weighted by Gasteiger charge is 2.08. The van der Waals surface area contributed by atoms with Crippen molar-refractivity contribution in [1.82, 2.24) is 0 Å².